The normalized spacial score (nSPS) is 24.2. The van der Waals surface area contributed by atoms with Crippen LogP contribution in [0.4, 0.5) is 10.5 Å². The van der Waals surface area contributed by atoms with E-state index in [4.69, 9.17) is 9.92 Å². The monoisotopic (exact) mass is 436 g/mol. The van der Waals surface area contributed by atoms with E-state index in [1.165, 1.54) is 35.1 Å². The van der Waals surface area contributed by atoms with Gasteiger partial charge in [0.05, 0.1) is 5.60 Å². The van der Waals surface area contributed by atoms with Gasteiger partial charge < -0.3 is 10.4 Å². The molecule has 29 heavy (non-hydrogen) atoms. The fourth-order valence-corrected chi connectivity index (χ4v) is 6.11. The Bertz CT molecular complexity index is 994. The van der Waals surface area contributed by atoms with Crippen molar-refractivity contribution in [3.8, 4) is 0 Å². The van der Waals surface area contributed by atoms with Gasteiger partial charge in [-0.2, -0.15) is 0 Å². The fraction of sp³-hybridized carbons (Fsp3) is 0.550. The molecule has 1 unspecified atom stereocenters. The first-order valence-corrected chi connectivity index (χ1v) is 12.4. The highest BCUT2D eigenvalue weighted by Crippen LogP contribution is 2.47. The van der Waals surface area contributed by atoms with Gasteiger partial charge in [0.1, 0.15) is 19.5 Å². The molecule has 0 bridgehead atoms. The number of urea groups is 1. The lowest BCUT2D eigenvalue weighted by Crippen LogP contribution is -2.47. The molecular weight excluding hydrogens is 408 g/mol. The Morgan fingerprint density at radius 1 is 1.41 bits per heavy atom. The maximum atomic E-state index is 13.2. The Kier molecular flexibility index (Phi) is 5.00. The number of nitrogens with one attached hydrogen (secondary N) is 2. The quantitative estimate of drug-likeness (QED) is 0.562. The van der Waals surface area contributed by atoms with E-state index in [1.54, 1.807) is 13.8 Å². The van der Waals surface area contributed by atoms with Gasteiger partial charge in [0, 0.05) is 11.9 Å². The number of nitrogens with zero attached hydrogens (tertiary/aromatic N) is 1. The van der Waals surface area contributed by atoms with Crippen LogP contribution >= 0.6 is 11.8 Å². The average Bonchev–Trinajstić information content (AvgIpc) is 3.30. The third-order valence-corrected chi connectivity index (χ3v) is 9.10. The molecule has 0 aromatic heterocycles. The van der Waals surface area contributed by atoms with Crippen molar-refractivity contribution in [1.29, 1.82) is 4.78 Å². The van der Waals surface area contributed by atoms with E-state index >= 15 is 0 Å². The van der Waals surface area contributed by atoms with Crippen LogP contribution in [0.25, 0.3) is 0 Å². The summed E-state index contributed by atoms with van der Waals surface area (Å²) in [4.78, 5) is 14.6. The molecule has 1 saturated carbocycles. The third-order valence-electron chi connectivity index (χ3n) is 6.00. The number of carbonyl (C=O) groups excluding carboxylic acids is 1. The predicted molar refractivity (Wildman–Crippen MR) is 117 cm³/mol. The molecule has 5 N–H and O–H groups in total. The number of hydrogen-bond donors (Lipinski definition) is 4. The minimum Gasteiger partial charge on any atom is -0.387 e. The number of carbonyl (C=O) groups is 1. The van der Waals surface area contributed by atoms with Gasteiger partial charge in [-0.05, 0) is 68.1 Å². The summed E-state index contributed by atoms with van der Waals surface area (Å²) in [5.41, 5.74) is 3.20. The van der Waals surface area contributed by atoms with Crippen molar-refractivity contribution in [3.05, 3.63) is 39.3 Å². The number of fused-ring (bicyclic) bond motifs is 1. The first-order chi connectivity index (χ1) is 13.5. The molecule has 1 fully saturated rings. The number of amides is 2. The standard InChI is InChI=1S/C20H28N4O3S2/c1-11(12-4-5-12)14-8-6-13-7-9-15(13)17(14)23-19(25)24-10-16(29(21,22)27)28-18(24)20(2,3)26/h6,8,10-12,18,26H,4-5,7,9H2,1-3H3,(H,23,25)(H3,21,22,27)/t11-,18+/m0/s1. The zero-order chi connectivity index (χ0) is 21.1. The highest BCUT2D eigenvalue weighted by atomic mass is 32.3. The highest BCUT2D eigenvalue weighted by molar-refractivity contribution is 8.18. The number of rotatable bonds is 5. The summed E-state index contributed by atoms with van der Waals surface area (Å²) in [6.45, 7) is 5.38. The Balaban J connectivity index is 1.67. The van der Waals surface area contributed by atoms with Gasteiger partial charge in [-0.3, -0.25) is 4.90 Å². The van der Waals surface area contributed by atoms with Crippen LogP contribution in [0.15, 0.2) is 22.6 Å². The molecule has 0 spiro atoms. The average molecular weight is 437 g/mol. The second-order valence-corrected chi connectivity index (χ2v) is 11.8. The van der Waals surface area contributed by atoms with Crippen LogP contribution in [-0.4, -0.2) is 31.2 Å². The van der Waals surface area contributed by atoms with E-state index < -0.39 is 26.9 Å². The zero-order valence-electron chi connectivity index (χ0n) is 16.9. The lowest BCUT2D eigenvalue weighted by atomic mass is 9.82. The van der Waals surface area contributed by atoms with Crippen molar-refractivity contribution >= 4 is 33.4 Å². The molecule has 0 radical (unpaired) electrons. The van der Waals surface area contributed by atoms with Crippen molar-refractivity contribution in [1.82, 2.24) is 4.90 Å². The van der Waals surface area contributed by atoms with Crippen LogP contribution < -0.4 is 10.5 Å². The lowest BCUT2D eigenvalue weighted by Gasteiger charge is -2.33. The van der Waals surface area contributed by atoms with Crippen LogP contribution in [0.1, 0.15) is 56.2 Å². The number of nitrogens with two attached hydrogens (primary N) is 1. The molecule has 7 nitrogen and oxygen atoms in total. The highest BCUT2D eigenvalue weighted by Gasteiger charge is 2.42. The molecule has 1 heterocycles. The van der Waals surface area contributed by atoms with E-state index in [9.17, 15) is 14.1 Å². The molecule has 1 aromatic rings. The summed E-state index contributed by atoms with van der Waals surface area (Å²) in [6.07, 6.45) is 5.73. The Labute approximate surface area is 176 Å². The van der Waals surface area contributed by atoms with Crippen molar-refractivity contribution in [2.45, 2.75) is 63.3 Å². The Hall–Kier alpha value is -1.55. The van der Waals surface area contributed by atoms with E-state index in [0.29, 0.717) is 11.8 Å². The lowest BCUT2D eigenvalue weighted by molar-refractivity contribution is 0.0470. The van der Waals surface area contributed by atoms with Gasteiger partial charge in [-0.15, -0.1) is 0 Å². The van der Waals surface area contributed by atoms with E-state index in [-0.39, 0.29) is 4.24 Å². The summed E-state index contributed by atoms with van der Waals surface area (Å²) in [6, 6.07) is 3.88. The van der Waals surface area contributed by atoms with Crippen molar-refractivity contribution in [2.75, 3.05) is 5.32 Å². The van der Waals surface area contributed by atoms with Gasteiger partial charge in [0.25, 0.3) is 0 Å². The first-order valence-electron chi connectivity index (χ1n) is 9.88. The minimum absolute atomic E-state index is 0.0902. The van der Waals surface area contributed by atoms with Gasteiger partial charge >= 0.3 is 6.03 Å². The summed E-state index contributed by atoms with van der Waals surface area (Å²) in [5, 5.41) is 18.4. The smallest absolute Gasteiger partial charge is 0.327 e. The predicted octanol–water partition coefficient (Wildman–Crippen LogP) is 3.70. The van der Waals surface area contributed by atoms with E-state index in [0.717, 1.165) is 35.9 Å². The Morgan fingerprint density at radius 2 is 2.10 bits per heavy atom. The minimum atomic E-state index is -3.47. The van der Waals surface area contributed by atoms with Crippen LogP contribution in [0, 0.1) is 10.7 Å². The van der Waals surface area contributed by atoms with Gasteiger partial charge in [-0.25, -0.2) is 18.9 Å². The number of aliphatic hydroxyl groups is 1. The second kappa shape index (κ2) is 7.01. The molecule has 2 aliphatic carbocycles. The topological polar surface area (TPSA) is 120 Å². The molecule has 3 aliphatic rings. The first kappa shape index (κ1) is 20.7. The van der Waals surface area contributed by atoms with E-state index in [2.05, 4.69) is 24.4 Å². The number of thioether (sulfide) groups is 1. The molecule has 3 atom stereocenters. The molecule has 158 valence electrons. The zero-order valence-corrected chi connectivity index (χ0v) is 18.5. The van der Waals surface area contributed by atoms with E-state index in [1.807, 2.05) is 0 Å². The number of aryl methyl sites for hydroxylation is 1. The number of anilines is 1. The number of benzene rings is 1. The molecular formula is C20H28N4O3S2. The van der Waals surface area contributed by atoms with Gasteiger partial charge in [0.2, 0.25) is 0 Å². The molecule has 2 amide bonds. The summed E-state index contributed by atoms with van der Waals surface area (Å²) in [5.74, 6) is 1.03. The molecule has 9 heteroatoms. The SMILES string of the molecule is C[C@H](c1ccc2c(c1NC(=O)N1C=C(S(=N)(N)=O)S[C@@H]1C(C)(C)O)CC2)C1CC1. The largest absolute Gasteiger partial charge is 0.387 e. The summed E-state index contributed by atoms with van der Waals surface area (Å²) in [7, 11) is -3.47. The van der Waals surface area contributed by atoms with Gasteiger partial charge in [0.15, 0.2) is 0 Å². The molecule has 1 aromatic carbocycles. The van der Waals surface area contributed by atoms with Crippen LogP contribution in [0.5, 0.6) is 0 Å². The molecule has 0 saturated heterocycles. The Morgan fingerprint density at radius 3 is 2.62 bits per heavy atom. The summed E-state index contributed by atoms with van der Waals surface area (Å²) < 4.78 is 19.8. The van der Waals surface area contributed by atoms with Gasteiger partial charge in [-0.1, -0.05) is 30.8 Å². The van der Waals surface area contributed by atoms with Crippen molar-refractivity contribution < 1.29 is 14.1 Å². The van der Waals surface area contributed by atoms with Crippen molar-refractivity contribution in [3.63, 3.8) is 0 Å². The van der Waals surface area contributed by atoms with Crippen molar-refractivity contribution in [2.24, 2.45) is 11.1 Å². The van der Waals surface area contributed by atoms with Crippen LogP contribution in [0.2, 0.25) is 0 Å². The van der Waals surface area contributed by atoms with Crippen LogP contribution in [-0.2, 0) is 22.8 Å². The third kappa shape index (κ3) is 3.93. The fourth-order valence-electron chi connectivity index (χ4n) is 4.04. The molecule has 4 rings (SSSR count). The second-order valence-electron chi connectivity index (χ2n) is 8.80. The maximum Gasteiger partial charge on any atom is 0.327 e. The number of hydrogen-bond acceptors (Lipinski definition) is 5. The maximum absolute atomic E-state index is 13.2. The molecule has 1 aliphatic heterocycles. The summed E-state index contributed by atoms with van der Waals surface area (Å²) >= 11 is 1.01. The van der Waals surface area contributed by atoms with Crippen LogP contribution in [0.3, 0.4) is 0 Å².